The van der Waals surface area contributed by atoms with Gasteiger partial charge in [-0.15, -0.1) is 11.6 Å². The zero-order valence-electron chi connectivity index (χ0n) is 16.9. The van der Waals surface area contributed by atoms with Crippen molar-refractivity contribution in [1.82, 2.24) is 5.32 Å². The van der Waals surface area contributed by atoms with Gasteiger partial charge in [0.1, 0.15) is 0 Å². The van der Waals surface area contributed by atoms with E-state index in [9.17, 15) is 9.59 Å². The molecule has 0 saturated carbocycles. The highest BCUT2D eigenvalue weighted by Gasteiger charge is 2.17. The molecule has 0 aromatic carbocycles. The second-order valence-electron chi connectivity index (χ2n) is 6.85. The van der Waals surface area contributed by atoms with Crippen LogP contribution in [-0.4, -0.2) is 35.1 Å². The fourth-order valence-electron chi connectivity index (χ4n) is 2.28. The van der Waals surface area contributed by atoms with Crippen LogP contribution in [0.4, 0.5) is 0 Å². The van der Waals surface area contributed by atoms with Crippen molar-refractivity contribution < 1.29 is 9.59 Å². The summed E-state index contributed by atoms with van der Waals surface area (Å²) in [6.45, 7) is 10.0. The first kappa shape index (κ1) is 25.0. The zero-order valence-corrected chi connectivity index (χ0v) is 18.4. The summed E-state index contributed by atoms with van der Waals surface area (Å²) in [6.07, 6.45) is 11.2. The lowest BCUT2D eigenvalue weighted by Crippen LogP contribution is -2.42. The van der Waals surface area contributed by atoms with Crippen LogP contribution in [0.3, 0.4) is 0 Å². The average Bonchev–Trinajstić information content (AvgIpc) is 2.56. The van der Waals surface area contributed by atoms with Crippen molar-refractivity contribution in [2.24, 2.45) is 0 Å². The number of amides is 1. The Morgan fingerprint density at radius 1 is 0.962 bits per heavy atom. The number of thioether (sulfide) groups is 1. The van der Waals surface area contributed by atoms with Gasteiger partial charge in [-0.05, 0) is 53.4 Å². The molecular formula is C21H34ClNO2S. The molecule has 0 heterocycles. The van der Waals surface area contributed by atoms with Crippen LogP contribution < -0.4 is 5.32 Å². The molecule has 0 aromatic heterocycles. The van der Waals surface area contributed by atoms with Gasteiger partial charge in [-0.3, -0.25) is 9.59 Å². The Labute approximate surface area is 168 Å². The van der Waals surface area contributed by atoms with Crippen LogP contribution >= 0.6 is 23.4 Å². The molecule has 1 amide bonds. The quantitative estimate of drug-likeness (QED) is 0.254. The highest BCUT2D eigenvalue weighted by Crippen LogP contribution is 2.13. The molecule has 0 unspecified atom stereocenters. The lowest BCUT2D eigenvalue weighted by Gasteiger charge is -2.14. The third-order valence-electron chi connectivity index (χ3n) is 3.85. The summed E-state index contributed by atoms with van der Waals surface area (Å²) in [5, 5.41) is 2.66. The molecule has 1 N–H and O–H groups in total. The van der Waals surface area contributed by atoms with Gasteiger partial charge in [-0.25, -0.2) is 0 Å². The molecule has 0 aromatic rings. The van der Waals surface area contributed by atoms with Crippen molar-refractivity contribution in [3.8, 4) is 0 Å². The highest BCUT2D eigenvalue weighted by atomic mass is 35.5. The highest BCUT2D eigenvalue weighted by molar-refractivity contribution is 7.99. The minimum atomic E-state index is -0.491. The molecule has 0 saturated heterocycles. The van der Waals surface area contributed by atoms with E-state index in [0.29, 0.717) is 5.75 Å². The van der Waals surface area contributed by atoms with Crippen molar-refractivity contribution in [2.45, 2.75) is 66.3 Å². The Bertz CT molecular complexity index is 534. The van der Waals surface area contributed by atoms with E-state index >= 15 is 0 Å². The molecule has 3 nitrogen and oxygen atoms in total. The molecule has 0 spiro atoms. The first-order valence-corrected chi connectivity index (χ1v) is 10.8. The standard InChI is InChI=1S/C21H34ClNO2S/c1-16(2)8-6-9-17(3)10-7-11-18(4)12-13-26-15-20(21(25)14-22)23-19(5)24/h8,10,12,20H,6-7,9,11,13-15H2,1-5H3,(H,23,24)/b17-10+,18-12+/t20-/m0/s1. The molecule has 148 valence electrons. The summed E-state index contributed by atoms with van der Waals surface area (Å²) < 4.78 is 0. The van der Waals surface area contributed by atoms with E-state index in [1.165, 1.54) is 23.6 Å². The maximum atomic E-state index is 11.7. The number of carbonyl (C=O) groups is 2. The third kappa shape index (κ3) is 14.2. The van der Waals surface area contributed by atoms with Crippen LogP contribution in [0, 0.1) is 0 Å². The predicted octanol–water partition coefficient (Wildman–Crippen LogP) is 5.45. The third-order valence-corrected chi connectivity index (χ3v) is 5.09. The summed E-state index contributed by atoms with van der Waals surface area (Å²) >= 11 is 7.23. The number of Topliss-reactive ketones (excluding diaryl/α,β-unsaturated/α-hetero) is 1. The lowest BCUT2D eigenvalue weighted by molar-refractivity contribution is -0.124. The molecule has 1 atom stereocenters. The number of hydrogen-bond acceptors (Lipinski definition) is 3. The van der Waals surface area contributed by atoms with Gasteiger partial charge in [0.05, 0.1) is 11.9 Å². The molecule has 5 heteroatoms. The fraction of sp³-hybridized carbons (Fsp3) is 0.619. The SMILES string of the molecule is CC(=O)N[C@@H](CSC/C=C(\C)CC/C=C(\C)CCC=C(C)C)C(=O)CCl. The Morgan fingerprint density at radius 2 is 1.54 bits per heavy atom. The van der Waals surface area contributed by atoms with Crippen LogP contribution in [0.25, 0.3) is 0 Å². The van der Waals surface area contributed by atoms with E-state index in [0.717, 1.165) is 31.4 Å². The lowest BCUT2D eigenvalue weighted by atomic mass is 10.1. The maximum Gasteiger partial charge on any atom is 0.217 e. The number of rotatable bonds is 13. The molecule has 0 rings (SSSR count). The number of halogens is 1. The van der Waals surface area contributed by atoms with E-state index in [2.05, 4.69) is 51.2 Å². The molecule has 0 fully saturated rings. The number of hydrogen-bond donors (Lipinski definition) is 1. The number of ketones is 1. The second-order valence-corrected chi connectivity index (χ2v) is 8.19. The van der Waals surface area contributed by atoms with Gasteiger partial charge in [-0.1, -0.05) is 34.9 Å². The van der Waals surface area contributed by atoms with E-state index in [1.807, 2.05) is 0 Å². The Kier molecular flexibility index (Phi) is 14.5. The topological polar surface area (TPSA) is 46.2 Å². The van der Waals surface area contributed by atoms with Crippen molar-refractivity contribution in [2.75, 3.05) is 17.4 Å². The minimum absolute atomic E-state index is 0.0698. The summed E-state index contributed by atoms with van der Waals surface area (Å²) in [5.41, 5.74) is 4.18. The molecule has 0 bridgehead atoms. The molecule has 0 radical (unpaired) electrons. The molecule has 26 heavy (non-hydrogen) atoms. The summed E-state index contributed by atoms with van der Waals surface area (Å²) in [7, 11) is 0. The van der Waals surface area contributed by atoms with Gasteiger partial charge >= 0.3 is 0 Å². The number of allylic oxidation sites excluding steroid dienone is 5. The predicted molar refractivity (Wildman–Crippen MR) is 116 cm³/mol. The first-order valence-electron chi connectivity index (χ1n) is 9.14. The largest absolute Gasteiger partial charge is 0.346 e. The average molecular weight is 400 g/mol. The Morgan fingerprint density at radius 3 is 2.08 bits per heavy atom. The maximum absolute atomic E-state index is 11.7. The van der Waals surface area contributed by atoms with Crippen LogP contribution in [0.2, 0.25) is 0 Å². The van der Waals surface area contributed by atoms with Crippen LogP contribution in [-0.2, 0) is 9.59 Å². The van der Waals surface area contributed by atoms with Gasteiger partial charge in [0, 0.05) is 18.4 Å². The number of nitrogens with one attached hydrogen (secondary N) is 1. The first-order chi connectivity index (χ1) is 12.3. The second kappa shape index (κ2) is 15.1. The van der Waals surface area contributed by atoms with Crippen LogP contribution in [0.5, 0.6) is 0 Å². The molecule has 0 aliphatic heterocycles. The van der Waals surface area contributed by atoms with E-state index in [1.54, 1.807) is 11.8 Å². The van der Waals surface area contributed by atoms with Crippen molar-refractivity contribution in [1.29, 1.82) is 0 Å². The van der Waals surface area contributed by atoms with Crippen LogP contribution in [0.1, 0.15) is 60.3 Å². The van der Waals surface area contributed by atoms with E-state index in [-0.39, 0.29) is 17.6 Å². The number of carbonyl (C=O) groups excluding carboxylic acids is 2. The number of alkyl halides is 1. The van der Waals surface area contributed by atoms with E-state index in [4.69, 9.17) is 11.6 Å². The van der Waals surface area contributed by atoms with Gasteiger partial charge in [0.15, 0.2) is 5.78 Å². The van der Waals surface area contributed by atoms with Crippen molar-refractivity contribution >= 4 is 35.1 Å². The van der Waals surface area contributed by atoms with Crippen molar-refractivity contribution in [3.05, 3.63) is 34.9 Å². The molecule has 0 aliphatic carbocycles. The minimum Gasteiger partial charge on any atom is -0.346 e. The van der Waals surface area contributed by atoms with Gasteiger partial charge in [-0.2, -0.15) is 11.8 Å². The monoisotopic (exact) mass is 399 g/mol. The zero-order chi connectivity index (χ0) is 19.9. The Hall–Kier alpha value is -1.00. The van der Waals surface area contributed by atoms with Crippen molar-refractivity contribution in [3.63, 3.8) is 0 Å². The van der Waals surface area contributed by atoms with Gasteiger partial charge in [0.2, 0.25) is 5.91 Å². The van der Waals surface area contributed by atoms with Gasteiger partial charge in [0.25, 0.3) is 0 Å². The summed E-state index contributed by atoms with van der Waals surface area (Å²) in [6, 6.07) is -0.491. The Balaban J connectivity index is 4.14. The molecule has 0 aliphatic rings. The van der Waals surface area contributed by atoms with Crippen LogP contribution in [0.15, 0.2) is 34.9 Å². The van der Waals surface area contributed by atoms with Gasteiger partial charge < -0.3 is 5.32 Å². The van der Waals surface area contributed by atoms with E-state index < -0.39 is 6.04 Å². The fourth-order valence-corrected chi connectivity index (χ4v) is 3.51. The smallest absolute Gasteiger partial charge is 0.217 e. The summed E-state index contributed by atoms with van der Waals surface area (Å²) in [4.78, 5) is 22.9. The molecular weight excluding hydrogens is 366 g/mol. The normalized spacial score (nSPS) is 13.3. The summed E-state index contributed by atoms with van der Waals surface area (Å²) in [5.74, 6) is 0.981.